The maximum atomic E-state index is 12.7. The van der Waals surface area contributed by atoms with Crippen LogP contribution in [0.1, 0.15) is 67.3 Å². The first-order valence-electron chi connectivity index (χ1n) is 9.57. The third-order valence-corrected chi connectivity index (χ3v) is 4.81. The molecule has 0 radical (unpaired) electrons. The van der Waals surface area contributed by atoms with E-state index in [1.807, 2.05) is 41.9 Å². The van der Waals surface area contributed by atoms with Gasteiger partial charge in [0, 0.05) is 18.2 Å². The molecule has 146 valence electrons. The summed E-state index contributed by atoms with van der Waals surface area (Å²) in [6.45, 7) is 6.17. The van der Waals surface area contributed by atoms with Gasteiger partial charge in [-0.05, 0) is 44.2 Å². The topological polar surface area (TPSA) is 84.2 Å². The molecule has 1 aromatic carbocycles. The minimum absolute atomic E-state index is 0.0129. The summed E-state index contributed by atoms with van der Waals surface area (Å²) in [4.78, 5) is 23.7. The highest BCUT2D eigenvalue weighted by Crippen LogP contribution is 2.18. The summed E-state index contributed by atoms with van der Waals surface area (Å²) in [6.07, 6.45) is 2.89. The van der Waals surface area contributed by atoms with Gasteiger partial charge in [0.15, 0.2) is 0 Å². The standard InChI is InChI=1S/C21H29N3O3/c1-4-18(5-2)24-15(3)13-19(23-24)21(27)22-17(11-12-20(25)26)14-16-9-7-6-8-10-16/h6-10,13,17-18H,4-5,11-12,14H2,1-3H3,(H,22,27)(H,25,26). The summed E-state index contributed by atoms with van der Waals surface area (Å²) in [5.74, 6) is -1.12. The number of aliphatic carboxylic acids is 1. The normalized spacial score (nSPS) is 12.1. The van der Waals surface area contributed by atoms with Gasteiger partial charge in [-0.15, -0.1) is 0 Å². The molecule has 0 saturated heterocycles. The fourth-order valence-corrected chi connectivity index (χ4v) is 3.28. The van der Waals surface area contributed by atoms with Crippen LogP contribution in [0.3, 0.4) is 0 Å². The number of nitrogens with one attached hydrogen (secondary N) is 1. The Morgan fingerprint density at radius 1 is 1.19 bits per heavy atom. The van der Waals surface area contributed by atoms with Crippen molar-refractivity contribution in [1.29, 1.82) is 0 Å². The van der Waals surface area contributed by atoms with E-state index in [1.165, 1.54) is 0 Å². The molecule has 0 spiro atoms. The van der Waals surface area contributed by atoms with Crippen LogP contribution < -0.4 is 5.32 Å². The van der Waals surface area contributed by atoms with Gasteiger partial charge in [-0.25, -0.2) is 0 Å². The molecule has 2 rings (SSSR count). The Morgan fingerprint density at radius 3 is 2.44 bits per heavy atom. The van der Waals surface area contributed by atoms with Crippen LogP contribution in [-0.4, -0.2) is 32.8 Å². The van der Waals surface area contributed by atoms with Crippen LogP contribution in [0.25, 0.3) is 0 Å². The molecule has 6 nitrogen and oxygen atoms in total. The van der Waals surface area contributed by atoms with Crippen LogP contribution >= 0.6 is 0 Å². The molecule has 0 fully saturated rings. The smallest absolute Gasteiger partial charge is 0.303 e. The summed E-state index contributed by atoms with van der Waals surface area (Å²) in [7, 11) is 0. The lowest BCUT2D eigenvalue weighted by Crippen LogP contribution is -2.37. The van der Waals surface area contributed by atoms with E-state index in [-0.39, 0.29) is 24.4 Å². The van der Waals surface area contributed by atoms with Crippen LogP contribution in [0, 0.1) is 6.92 Å². The number of hydrogen-bond acceptors (Lipinski definition) is 3. The molecular weight excluding hydrogens is 342 g/mol. The lowest BCUT2D eigenvalue weighted by atomic mass is 10.0. The maximum absolute atomic E-state index is 12.7. The van der Waals surface area contributed by atoms with Crippen molar-refractivity contribution in [3.8, 4) is 0 Å². The van der Waals surface area contributed by atoms with Crippen LogP contribution in [0.4, 0.5) is 0 Å². The molecular formula is C21H29N3O3. The number of carboxylic acids is 1. The van der Waals surface area contributed by atoms with Gasteiger partial charge in [0.1, 0.15) is 5.69 Å². The zero-order valence-electron chi connectivity index (χ0n) is 16.3. The van der Waals surface area contributed by atoms with Crippen molar-refractivity contribution in [2.24, 2.45) is 0 Å². The number of aryl methyl sites for hydroxylation is 1. The predicted molar refractivity (Wildman–Crippen MR) is 105 cm³/mol. The Labute approximate surface area is 160 Å². The van der Waals surface area contributed by atoms with E-state index < -0.39 is 5.97 Å². The zero-order chi connectivity index (χ0) is 19.8. The third-order valence-electron chi connectivity index (χ3n) is 4.81. The number of carbonyl (C=O) groups is 2. The number of carboxylic acid groups (broad SMARTS) is 1. The molecule has 2 aromatic rings. The Morgan fingerprint density at radius 2 is 1.85 bits per heavy atom. The van der Waals surface area contributed by atoms with Gasteiger partial charge in [0.25, 0.3) is 5.91 Å². The molecule has 0 aliphatic carbocycles. The van der Waals surface area contributed by atoms with E-state index in [9.17, 15) is 9.59 Å². The molecule has 6 heteroatoms. The van der Waals surface area contributed by atoms with Crippen molar-refractivity contribution in [3.05, 3.63) is 53.3 Å². The highest BCUT2D eigenvalue weighted by molar-refractivity contribution is 5.92. The van der Waals surface area contributed by atoms with Crippen molar-refractivity contribution in [1.82, 2.24) is 15.1 Å². The number of rotatable bonds is 10. The molecule has 1 atom stereocenters. The van der Waals surface area contributed by atoms with Crippen LogP contribution in [-0.2, 0) is 11.2 Å². The van der Waals surface area contributed by atoms with Crippen LogP contribution in [0.2, 0.25) is 0 Å². The summed E-state index contributed by atoms with van der Waals surface area (Å²) in [5, 5.41) is 16.5. The molecule has 0 aliphatic rings. The summed E-state index contributed by atoms with van der Waals surface area (Å²) < 4.78 is 1.92. The van der Waals surface area contributed by atoms with Gasteiger partial charge >= 0.3 is 5.97 Å². The summed E-state index contributed by atoms with van der Waals surface area (Å²) >= 11 is 0. The van der Waals surface area contributed by atoms with Gasteiger partial charge in [-0.1, -0.05) is 44.2 Å². The third kappa shape index (κ3) is 5.94. The zero-order valence-corrected chi connectivity index (χ0v) is 16.3. The minimum atomic E-state index is -0.865. The molecule has 1 aromatic heterocycles. The van der Waals surface area contributed by atoms with Crippen LogP contribution in [0.5, 0.6) is 0 Å². The SMILES string of the molecule is CCC(CC)n1nc(C(=O)NC(CCC(=O)O)Cc2ccccc2)cc1C. The van der Waals surface area contributed by atoms with Crippen molar-refractivity contribution < 1.29 is 14.7 Å². The molecule has 1 unspecified atom stereocenters. The molecule has 1 heterocycles. The van der Waals surface area contributed by atoms with Gasteiger partial charge in [0.2, 0.25) is 0 Å². The number of hydrogen-bond donors (Lipinski definition) is 2. The first-order chi connectivity index (χ1) is 12.9. The first-order valence-corrected chi connectivity index (χ1v) is 9.57. The Balaban J connectivity index is 2.12. The molecule has 2 N–H and O–H groups in total. The fraction of sp³-hybridized carbons (Fsp3) is 0.476. The first kappa shape index (κ1) is 20.7. The van der Waals surface area contributed by atoms with Gasteiger partial charge in [0.05, 0.1) is 6.04 Å². The average Bonchev–Trinajstić information content (AvgIpc) is 3.03. The maximum Gasteiger partial charge on any atom is 0.303 e. The molecule has 0 saturated carbocycles. The van der Waals surface area contributed by atoms with Crippen molar-refractivity contribution >= 4 is 11.9 Å². The lowest BCUT2D eigenvalue weighted by Gasteiger charge is -2.18. The minimum Gasteiger partial charge on any atom is -0.481 e. The van der Waals surface area contributed by atoms with Crippen LogP contribution in [0.15, 0.2) is 36.4 Å². The van der Waals surface area contributed by atoms with E-state index in [4.69, 9.17) is 5.11 Å². The Kier molecular flexibility index (Phi) is 7.58. The summed E-state index contributed by atoms with van der Waals surface area (Å²) in [5.41, 5.74) is 2.40. The second-order valence-corrected chi connectivity index (χ2v) is 6.88. The van der Waals surface area contributed by atoms with Crippen molar-refractivity contribution in [3.63, 3.8) is 0 Å². The summed E-state index contributed by atoms with van der Waals surface area (Å²) in [6, 6.07) is 11.6. The Bertz CT molecular complexity index is 751. The van der Waals surface area contributed by atoms with Gasteiger partial charge < -0.3 is 10.4 Å². The van der Waals surface area contributed by atoms with E-state index in [2.05, 4.69) is 24.3 Å². The number of benzene rings is 1. The van der Waals surface area contributed by atoms with Crippen molar-refractivity contribution in [2.75, 3.05) is 0 Å². The van der Waals surface area contributed by atoms with E-state index in [0.717, 1.165) is 24.1 Å². The second-order valence-electron chi connectivity index (χ2n) is 6.88. The number of aromatic nitrogens is 2. The number of nitrogens with zero attached hydrogens (tertiary/aromatic N) is 2. The molecule has 0 aliphatic heterocycles. The quantitative estimate of drug-likeness (QED) is 0.666. The largest absolute Gasteiger partial charge is 0.481 e. The predicted octanol–water partition coefficient (Wildman–Crippen LogP) is 3.76. The van der Waals surface area contributed by atoms with E-state index >= 15 is 0 Å². The fourth-order valence-electron chi connectivity index (χ4n) is 3.28. The highest BCUT2D eigenvalue weighted by atomic mass is 16.4. The average molecular weight is 371 g/mol. The Hall–Kier alpha value is -2.63. The lowest BCUT2D eigenvalue weighted by molar-refractivity contribution is -0.137. The molecule has 1 amide bonds. The van der Waals surface area contributed by atoms with Gasteiger partial charge in [-0.2, -0.15) is 5.10 Å². The van der Waals surface area contributed by atoms with E-state index in [1.54, 1.807) is 6.07 Å². The molecule has 0 bridgehead atoms. The van der Waals surface area contributed by atoms with Gasteiger partial charge in [-0.3, -0.25) is 14.3 Å². The van der Waals surface area contributed by atoms with Crippen molar-refractivity contribution in [2.45, 2.75) is 65.0 Å². The highest BCUT2D eigenvalue weighted by Gasteiger charge is 2.20. The molecule has 27 heavy (non-hydrogen) atoms. The van der Waals surface area contributed by atoms with E-state index in [0.29, 0.717) is 18.5 Å². The number of amides is 1. The second kappa shape index (κ2) is 9.90. The number of carbonyl (C=O) groups excluding carboxylic acids is 1. The monoisotopic (exact) mass is 371 g/mol.